The minimum atomic E-state index is -0.243. The standard InChI is InChI=1S/C16H24FN3O/c1-2-8-19-11-13-4-3-5-14(17)15(13)20-9-6-12(7-10-20)16(18)21/h3-5,12,19H,2,6-11H2,1H3,(H2,18,21). The molecule has 0 spiro atoms. The fraction of sp³-hybridized carbons (Fsp3) is 0.562. The molecule has 0 radical (unpaired) electrons. The highest BCUT2D eigenvalue weighted by atomic mass is 19.1. The van der Waals surface area contributed by atoms with Crippen LogP contribution in [0.3, 0.4) is 0 Å². The first-order chi connectivity index (χ1) is 10.1. The zero-order chi connectivity index (χ0) is 15.2. The van der Waals surface area contributed by atoms with E-state index in [-0.39, 0.29) is 17.6 Å². The molecule has 0 unspecified atom stereocenters. The Labute approximate surface area is 125 Å². The lowest BCUT2D eigenvalue weighted by Gasteiger charge is -2.34. The van der Waals surface area contributed by atoms with E-state index in [9.17, 15) is 9.18 Å². The van der Waals surface area contributed by atoms with Crippen molar-refractivity contribution in [1.82, 2.24) is 5.32 Å². The smallest absolute Gasteiger partial charge is 0.220 e. The number of rotatable bonds is 6. The van der Waals surface area contributed by atoms with Gasteiger partial charge in [-0.25, -0.2) is 4.39 Å². The minimum absolute atomic E-state index is 0.0744. The van der Waals surface area contributed by atoms with E-state index in [1.165, 1.54) is 6.07 Å². The first-order valence-corrected chi connectivity index (χ1v) is 7.65. The fourth-order valence-corrected chi connectivity index (χ4v) is 2.84. The number of carbonyl (C=O) groups is 1. The number of hydrogen-bond donors (Lipinski definition) is 2. The molecule has 0 bridgehead atoms. The zero-order valence-electron chi connectivity index (χ0n) is 12.6. The molecule has 21 heavy (non-hydrogen) atoms. The molecule has 0 saturated carbocycles. The second-order valence-electron chi connectivity index (χ2n) is 5.59. The van der Waals surface area contributed by atoms with Gasteiger partial charge in [0.05, 0.1) is 5.69 Å². The van der Waals surface area contributed by atoms with E-state index >= 15 is 0 Å². The summed E-state index contributed by atoms with van der Waals surface area (Å²) in [5.41, 5.74) is 6.99. The highest BCUT2D eigenvalue weighted by Crippen LogP contribution is 2.29. The summed E-state index contributed by atoms with van der Waals surface area (Å²) in [4.78, 5) is 13.3. The van der Waals surface area contributed by atoms with Crippen LogP contribution in [0.15, 0.2) is 18.2 Å². The molecule has 1 aliphatic rings. The van der Waals surface area contributed by atoms with Gasteiger partial charge in [0.1, 0.15) is 5.82 Å². The molecular formula is C16H24FN3O. The SMILES string of the molecule is CCCNCc1cccc(F)c1N1CCC(C(N)=O)CC1. The maximum absolute atomic E-state index is 14.2. The molecule has 0 aromatic heterocycles. The summed E-state index contributed by atoms with van der Waals surface area (Å²) < 4.78 is 14.2. The van der Waals surface area contributed by atoms with Crippen molar-refractivity contribution in [3.63, 3.8) is 0 Å². The van der Waals surface area contributed by atoms with Crippen LogP contribution in [0.1, 0.15) is 31.7 Å². The third-order valence-corrected chi connectivity index (χ3v) is 4.03. The third kappa shape index (κ3) is 3.94. The van der Waals surface area contributed by atoms with E-state index in [2.05, 4.69) is 12.2 Å². The van der Waals surface area contributed by atoms with Crippen molar-refractivity contribution in [1.29, 1.82) is 0 Å². The van der Waals surface area contributed by atoms with Gasteiger partial charge in [-0.2, -0.15) is 0 Å². The maximum Gasteiger partial charge on any atom is 0.220 e. The van der Waals surface area contributed by atoms with Crippen LogP contribution in [0.5, 0.6) is 0 Å². The van der Waals surface area contributed by atoms with Crippen molar-refractivity contribution < 1.29 is 9.18 Å². The van der Waals surface area contributed by atoms with Crippen LogP contribution in [0.2, 0.25) is 0 Å². The van der Waals surface area contributed by atoms with Gasteiger partial charge in [-0.3, -0.25) is 4.79 Å². The van der Waals surface area contributed by atoms with Crippen LogP contribution in [0, 0.1) is 11.7 Å². The van der Waals surface area contributed by atoms with Crippen molar-refractivity contribution in [3.05, 3.63) is 29.6 Å². The van der Waals surface area contributed by atoms with E-state index in [1.54, 1.807) is 6.07 Å². The van der Waals surface area contributed by atoms with Gasteiger partial charge in [-0.05, 0) is 37.4 Å². The Morgan fingerprint density at radius 1 is 1.43 bits per heavy atom. The number of nitrogens with zero attached hydrogens (tertiary/aromatic N) is 1. The molecule has 1 aromatic carbocycles. The Morgan fingerprint density at radius 3 is 2.76 bits per heavy atom. The summed E-state index contributed by atoms with van der Waals surface area (Å²) in [7, 11) is 0. The van der Waals surface area contributed by atoms with Crippen molar-refractivity contribution in [2.75, 3.05) is 24.5 Å². The van der Waals surface area contributed by atoms with Crippen LogP contribution in [-0.2, 0) is 11.3 Å². The minimum Gasteiger partial charge on any atom is -0.369 e. The van der Waals surface area contributed by atoms with E-state index in [1.807, 2.05) is 11.0 Å². The number of anilines is 1. The molecular weight excluding hydrogens is 269 g/mol. The Balaban J connectivity index is 2.10. The predicted octanol–water partition coefficient (Wildman–Crippen LogP) is 2.03. The van der Waals surface area contributed by atoms with Crippen LogP contribution >= 0.6 is 0 Å². The number of hydrogen-bond acceptors (Lipinski definition) is 3. The molecule has 1 saturated heterocycles. The number of amides is 1. The molecule has 4 nitrogen and oxygen atoms in total. The van der Waals surface area contributed by atoms with Gasteiger partial charge in [0.2, 0.25) is 5.91 Å². The summed E-state index contributed by atoms with van der Waals surface area (Å²) in [6, 6.07) is 5.21. The second kappa shape index (κ2) is 7.41. The Morgan fingerprint density at radius 2 is 2.14 bits per heavy atom. The van der Waals surface area contributed by atoms with Gasteiger partial charge in [0.15, 0.2) is 0 Å². The number of primary amides is 1. The highest BCUT2D eigenvalue weighted by molar-refractivity contribution is 5.77. The van der Waals surface area contributed by atoms with Crippen molar-refractivity contribution in [3.8, 4) is 0 Å². The number of nitrogens with two attached hydrogens (primary N) is 1. The number of carbonyl (C=O) groups excluding carboxylic acids is 1. The van der Waals surface area contributed by atoms with E-state index in [4.69, 9.17) is 5.73 Å². The summed E-state index contributed by atoms with van der Waals surface area (Å²) >= 11 is 0. The van der Waals surface area contributed by atoms with Gasteiger partial charge >= 0.3 is 0 Å². The van der Waals surface area contributed by atoms with Gasteiger partial charge < -0.3 is 16.0 Å². The molecule has 2 rings (SSSR count). The lowest BCUT2D eigenvalue weighted by Crippen LogP contribution is -2.39. The number of nitrogens with one attached hydrogen (secondary N) is 1. The first kappa shape index (κ1) is 15.8. The van der Waals surface area contributed by atoms with Crippen LogP contribution in [0.25, 0.3) is 0 Å². The van der Waals surface area contributed by atoms with Crippen LogP contribution in [0.4, 0.5) is 10.1 Å². The third-order valence-electron chi connectivity index (χ3n) is 4.03. The first-order valence-electron chi connectivity index (χ1n) is 7.65. The maximum atomic E-state index is 14.2. The summed E-state index contributed by atoms with van der Waals surface area (Å²) in [6.45, 7) is 5.04. The number of halogens is 1. The summed E-state index contributed by atoms with van der Waals surface area (Å²) in [5.74, 6) is -0.508. The molecule has 0 aliphatic carbocycles. The Kier molecular flexibility index (Phi) is 5.56. The van der Waals surface area contributed by atoms with Gasteiger partial charge in [0.25, 0.3) is 0 Å². The lowest BCUT2D eigenvalue weighted by molar-refractivity contribution is -0.122. The number of benzene rings is 1. The average molecular weight is 293 g/mol. The van der Waals surface area contributed by atoms with Gasteiger partial charge in [-0.15, -0.1) is 0 Å². The topological polar surface area (TPSA) is 58.4 Å². The summed E-state index contributed by atoms with van der Waals surface area (Å²) in [6.07, 6.45) is 2.45. The molecule has 3 N–H and O–H groups in total. The van der Waals surface area contributed by atoms with E-state index in [0.717, 1.165) is 18.5 Å². The Bertz CT molecular complexity index is 484. The normalized spacial score (nSPS) is 16.2. The van der Waals surface area contributed by atoms with Crippen molar-refractivity contribution in [2.45, 2.75) is 32.7 Å². The van der Waals surface area contributed by atoms with Gasteiger partial charge in [0, 0.05) is 25.6 Å². The second-order valence-corrected chi connectivity index (χ2v) is 5.59. The van der Waals surface area contributed by atoms with Gasteiger partial charge in [-0.1, -0.05) is 19.1 Å². The van der Waals surface area contributed by atoms with E-state index in [0.29, 0.717) is 38.2 Å². The van der Waals surface area contributed by atoms with Crippen molar-refractivity contribution >= 4 is 11.6 Å². The lowest BCUT2D eigenvalue weighted by atomic mass is 9.95. The Hall–Kier alpha value is -1.62. The largest absolute Gasteiger partial charge is 0.369 e. The van der Waals surface area contributed by atoms with Crippen LogP contribution < -0.4 is 16.0 Å². The number of para-hydroxylation sites is 1. The fourth-order valence-electron chi connectivity index (χ4n) is 2.84. The van der Waals surface area contributed by atoms with Crippen LogP contribution in [-0.4, -0.2) is 25.5 Å². The molecule has 1 heterocycles. The highest BCUT2D eigenvalue weighted by Gasteiger charge is 2.25. The molecule has 5 heteroatoms. The summed E-state index contributed by atoms with van der Waals surface area (Å²) in [5, 5.41) is 3.32. The average Bonchev–Trinajstić information content (AvgIpc) is 2.48. The molecule has 1 aromatic rings. The predicted molar refractivity (Wildman–Crippen MR) is 82.5 cm³/mol. The monoisotopic (exact) mass is 293 g/mol. The number of piperidine rings is 1. The van der Waals surface area contributed by atoms with E-state index < -0.39 is 0 Å². The molecule has 1 aliphatic heterocycles. The molecule has 0 atom stereocenters. The molecule has 1 amide bonds. The molecule has 1 fully saturated rings. The zero-order valence-corrected chi connectivity index (χ0v) is 12.6. The van der Waals surface area contributed by atoms with Crippen molar-refractivity contribution in [2.24, 2.45) is 11.7 Å². The molecule has 116 valence electrons. The quantitative estimate of drug-likeness (QED) is 0.789.